The van der Waals surface area contributed by atoms with E-state index in [1.807, 2.05) is 29.2 Å². The first-order valence-electron chi connectivity index (χ1n) is 7.50. The molecule has 20 heavy (non-hydrogen) atoms. The second-order valence-corrected chi connectivity index (χ2v) is 5.72. The van der Waals surface area contributed by atoms with E-state index in [0.29, 0.717) is 25.3 Å². The smallest absolute Gasteiger partial charge is 0.227 e. The maximum absolute atomic E-state index is 12.6. The lowest BCUT2D eigenvalue weighted by Gasteiger charge is -2.43. The van der Waals surface area contributed by atoms with Crippen LogP contribution in [0.2, 0.25) is 0 Å². The summed E-state index contributed by atoms with van der Waals surface area (Å²) in [6, 6.07) is 7.89. The van der Waals surface area contributed by atoms with Gasteiger partial charge >= 0.3 is 0 Å². The van der Waals surface area contributed by atoms with Gasteiger partial charge in [0.2, 0.25) is 5.91 Å². The molecular formula is C16H22N2O2. The maximum Gasteiger partial charge on any atom is 0.227 e. The molecule has 1 aliphatic heterocycles. The highest BCUT2D eigenvalue weighted by Crippen LogP contribution is 2.29. The van der Waals surface area contributed by atoms with E-state index in [2.05, 4.69) is 0 Å². The number of para-hydroxylation sites is 1. The zero-order chi connectivity index (χ0) is 13.9. The van der Waals surface area contributed by atoms with Crippen molar-refractivity contribution in [2.24, 2.45) is 0 Å². The van der Waals surface area contributed by atoms with Crippen LogP contribution in [0.15, 0.2) is 24.3 Å². The molecule has 2 aliphatic rings. The first-order valence-corrected chi connectivity index (χ1v) is 7.50. The largest absolute Gasteiger partial charge is 0.398 e. The van der Waals surface area contributed by atoms with Crippen molar-refractivity contribution in [1.29, 1.82) is 0 Å². The number of amides is 1. The highest BCUT2D eigenvalue weighted by molar-refractivity contribution is 5.80. The fourth-order valence-corrected chi connectivity index (χ4v) is 3.37. The number of nitrogens with two attached hydrogens (primary N) is 1. The molecule has 108 valence electrons. The summed E-state index contributed by atoms with van der Waals surface area (Å²) >= 11 is 0. The fraction of sp³-hybridized carbons (Fsp3) is 0.562. The Morgan fingerprint density at radius 3 is 2.95 bits per heavy atom. The standard InChI is InChI=1S/C16H22N2O2/c17-13-6-2-1-5-12(13)11-16(19)18-9-10-20-15-8-4-3-7-14(15)18/h1-2,5-6,14-15H,3-4,7-11,17H2. The number of hydrogen-bond acceptors (Lipinski definition) is 3. The Balaban J connectivity index is 1.71. The predicted octanol–water partition coefficient (Wildman–Crippen LogP) is 1.98. The van der Waals surface area contributed by atoms with Crippen LogP contribution < -0.4 is 5.73 Å². The number of morpholine rings is 1. The Labute approximate surface area is 119 Å². The van der Waals surface area contributed by atoms with E-state index in [1.165, 1.54) is 12.8 Å². The van der Waals surface area contributed by atoms with Crippen molar-refractivity contribution in [2.75, 3.05) is 18.9 Å². The van der Waals surface area contributed by atoms with Gasteiger partial charge in [-0.1, -0.05) is 31.0 Å². The van der Waals surface area contributed by atoms with Gasteiger partial charge in [-0.05, 0) is 24.5 Å². The summed E-state index contributed by atoms with van der Waals surface area (Å²) in [6.45, 7) is 1.38. The Morgan fingerprint density at radius 2 is 2.10 bits per heavy atom. The van der Waals surface area contributed by atoms with Gasteiger partial charge in [0.15, 0.2) is 0 Å². The van der Waals surface area contributed by atoms with E-state index in [9.17, 15) is 4.79 Å². The molecule has 1 saturated heterocycles. The average molecular weight is 274 g/mol. The lowest BCUT2D eigenvalue weighted by Crippen LogP contribution is -2.55. The molecule has 1 aromatic carbocycles. The van der Waals surface area contributed by atoms with Crippen molar-refractivity contribution >= 4 is 11.6 Å². The van der Waals surface area contributed by atoms with Crippen molar-refractivity contribution in [3.63, 3.8) is 0 Å². The number of anilines is 1. The number of benzene rings is 1. The molecule has 1 aliphatic carbocycles. The number of nitrogens with zero attached hydrogens (tertiary/aromatic N) is 1. The Kier molecular flexibility index (Phi) is 3.92. The number of ether oxygens (including phenoxy) is 1. The lowest BCUT2D eigenvalue weighted by atomic mass is 9.89. The van der Waals surface area contributed by atoms with Gasteiger partial charge < -0.3 is 15.4 Å². The van der Waals surface area contributed by atoms with Gasteiger partial charge in [0.1, 0.15) is 0 Å². The first-order chi connectivity index (χ1) is 9.75. The van der Waals surface area contributed by atoms with Gasteiger partial charge in [0, 0.05) is 12.2 Å². The van der Waals surface area contributed by atoms with Crippen LogP contribution in [0, 0.1) is 0 Å². The summed E-state index contributed by atoms with van der Waals surface area (Å²) < 4.78 is 5.82. The van der Waals surface area contributed by atoms with Crippen LogP contribution in [0.5, 0.6) is 0 Å². The SMILES string of the molecule is Nc1ccccc1CC(=O)N1CCOC2CCCCC21. The van der Waals surface area contributed by atoms with Crippen molar-refractivity contribution in [3.05, 3.63) is 29.8 Å². The number of carbonyl (C=O) groups is 1. The lowest BCUT2D eigenvalue weighted by molar-refractivity contribution is -0.148. The minimum atomic E-state index is 0.183. The van der Waals surface area contributed by atoms with Crippen molar-refractivity contribution in [2.45, 2.75) is 44.2 Å². The summed E-state index contributed by atoms with van der Waals surface area (Å²) in [6.07, 6.45) is 5.21. The molecule has 4 nitrogen and oxygen atoms in total. The molecule has 4 heteroatoms. The summed E-state index contributed by atoms with van der Waals surface area (Å²) in [7, 11) is 0. The molecule has 1 heterocycles. The Hall–Kier alpha value is -1.55. The summed E-state index contributed by atoms with van der Waals surface area (Å²) in [5, 5.41) is 0. The van der Waals surface area contributed by atoms with Gasteiger partial charge in [0.05, 0.1) is 25.2 Å². The van der Waals surface area contributed by atoms with Crippen LogP contribution in [0.1, 0.15) is 31.2 Å². The van der Waals surface area contributed by atoms with Crippen molar-refractivity contribution in [3.8, 4) is 0 Å². The average Bonchev–Trinajstić information content (AvgIpc) is 2.49. The van der Waals surface area contributed by atoms with Gasteiger partial charge in [-0.3, -0.25) is 4.79 Å². The minimum Gasteiger partial charge on any atom is -0.398 e. The highest BCUT2D eigenvalue weighted by Gasteiger charge is 2.36. The van der Waals surface area contributed by atoms with Crippen LogP contribution in [0.25, 0.3) is 0 Å². The van der Waals surface area contributed by atoms with Gasteiger partial charge in [0.25, 0.3) is 0 Å². The molecule has 2 fully saturated rings. The molecule has 0 radical (unpaired) electrons. The van der Waals surface area contributed by atoms with Crippen LogP contribution >= 0.6 is 0 Å². The third-order valence-electron chi connectivity index (χ3n) is 4.45. The van der Waals surface area contributed by atoms with Gasteiger partial charge in [-0.25, -0.2) is 0 Å². The van der Waals surface area contributed by atoms with Crippen LogP contribution in [0.4, 0.5) is 5.69 Å². The van der Waals surface area contributed by atoms with Gasteiger partial charge in [-0.15, -0.1) is 0 Å². The monoisotopic (exact) mass is 274 g/mol. The summed E-state index contributed by atoms with van der Waals surface area (Å²) in [4.78, 5) is 14.6. The molecule has 2 atom stereocenters. The van der Waals surface area contributed by atoms with Gasteiger partial charge in [-0.2, -0.15) is 0 Å². The number of rotatable bonds is 2. The molecule has 1 amide bonds. The van der Waals surface area contributed by atoms with Crippen molar-refractivity contribution < 1.29 is 9.53 Å². The van der Waals surface area contributed by atoms with Crippen LogP contribution in [-0.2, 0) is 16.0 Å². The zero-order valence-electron chi connectivity index (χ0n) is 11.8. The van der Waals surface area contributed by atoms with E-state index < -0.39 is 0 Å². The minimum absolute atomic E-state index is 0.183. The topological polar surface area (TPSA) is 55.6 Å². The Morgan fingerprint density at radius 1 is 1.30 bits per heavy atom. The van der Waals surface area contributed by atoms with E-state index in [1.54, 1.807) is 0 Å². The molecule has 0 spiro atoms. The molecule has 1 saturated carbocycles. The molecule has 0 bridgehead atoms. The number of fused-ring (bicyclic) bond motifs is 1. The second kappa shape index (κ2) is 5.83. The third kappa shape index (κ3) is 2.66. The van der Waals surface area contributed by atoms with Crippen LogP contribution in [-0.4, -0.2) is 36.1 Å². The molecule has 3 rings (SSSR count). The number of carbonyl (C=O) groups excluding carboxylic acids is 1. The summed E-state index contributed by atoms with van der Waals surface area (Å²) in [5.41, 5.74) is 7.56. The quantitative estimate of drug-likeness (QED) is 0.839. The third-order valence-corrected chi connectivity index (χ3v) is 4.45. The van der Waals surface area contributed by atoms with Crippen molar-refractivity contribution in [1.82, 2.24) is 4.90 Å². The maximum atomic E-state index is 12.6. The van der Waals surface area contributed by atoms with E-state index in [4.69, 9.17) is 10.5 Å². The van der Waals surface area contributed by atoms with E-state index >= 15 is 0 Å². The molecule has 2 N–H and O–H groups in total. The zero-order valence-corrected chi connectivity index (χ0v) is 11.8. The Bertz CT molecular complexity index is 487. The highest BCUT2D eigenvalue weighted by atomic mass is 16.5. The summed E-state index contributed by atoms with van der Waals surface area (Å²) in [5.74, 6) is 0.183. The first kappa shape index (κ1) is 13.4. The van der Waals surface area contributed by atoms with E-state index in [-0.39, 0.29) is 18.1 Å². The fourth-order valence-electron chi connectivity index (χ4n) is 3.37. The molecule has 1 aromatic rings. The molecule has 0 aromatic heterocycles. The normalized spacial score (nSPS) is 26.1. The second-order valence-electron chi connectivity index (χ2n) is 5.72. The number of nitrogen functional groups attached to an aromatic ring is 1. The van der Waals surface area contributed by atoms with Crippen LogP contribution in [0.3, 0.4) is 0 Å². The molecule has 2 unspecified atom stereocenters. The number of hydrogen-bond donors (Lipinski definition) is 1. The predicted molar refractivity (Wildman–Crippen MR) is 78.3 cm³/mol. The molecular weight excluding hydrogens is 252 g/mol. The van der Waals surface area contributed by atoms with E-state index in [0.717, 1.165) is 18.4 Å².